The highest BCUT2D eigenvalue weighted by Crippen LogP contribution is 2.27. The molecule has 1 rings (SSSR count). The zero-order valence-electron chi connectivity index (χ0n) is 11.5. The van der Waals surface area contributed by atoms with Crippen molar-refractivity contribution in [2.24, 2.45) is 0 Å². The monoisotopic (exact) mass is 240 g/mol. The summed E-state index contributed by atoms with van der Waals surface area (Å²) in [6, 6.07) is 0. The molecule has 3 N–H and O–H groups in total. The molecule has 17 heavy (non-hydrogen) atoms. The molecule has 0 radical (unpaired) electrons. The zero-order chi connectivity index (χ0) is 13.2. The highest BCUT2D eigenvalue weighted by atomic mass is 16.3. The number of aryl methyl sites for hydroxylation is 2. The van der Waals surface area contributed by atoms with Crippen molar-refractivity contribution in [1.82, 2.24) is 9.78 Å². The van der Waals surface area contributed by atoms with Gasteiger partial charge in [-0.2, -0.15) is 5.10 Å². The van der Waals surface area contributed by atoms with Crippen LogP contribution in [0.25, 0.3) is 0 Å². The van der Waals surface area contributed by atoms with Crippen molar-refractivity contribution in [3.63, 3.8) is 0 Å². The van der Waals surface area contributed by atoms with Crippen LogP contribution in [0, 0.1) is 6.92 Å². The Morgan fingerprint density at radius 2 is 2.00 bits per heavy atom. The molecular formula is C12H24N4O. The molecule has 5 heteroatoms. The molecule has 1 heterocycles. The summed E-state index contributed by atoms with van der Waals surface area (Å²) < 4.78 is 1.89. The molecule has 0 saturated heterocycles. The van der Waals surface area contributed by atoms with Gasteiger partial charge in [0.25, 0.3) is 0 Å². The van der Waals surface area contributed by atoms with Crippen LogP contribution in [0.15, 0.2) is 0 Å². The van der Waals surface area contributed by atoms with Gasteiger partial charge in [-0.25, -0.2) is 4.68 Å². The van der Waals surface area contributed by atoms with Gasteiger partial charge in [0.1, 0.15) is 0 Å². The third-order valence-corrected chi connectivity index (χ3v) is 2.70. The first-order valence-electron chi connectivity index (χ1n) is 6.10. The number of hydrogen-bond donors (Lipinski definition) is 2. The van der Waals surface area contributed by atoms with Crippen LogP contribution < -0.4 is 10.6 Å². The molecule has 0 fully saturated rings. The Bertz CT molecular complexity index is 379. The van der Waals surface area contributed by atoms with Crippen LogP contribution >= 0.6 is 0 Å². The van der Waals surface area contributed by atoms with Gasteiger partial charge in [-0.1, -0.05) is 0 Å². The Labute approximate surface area is 103 Å². The van der Waals surface area contributed by atoms with Gasteiger partial charge >= 0.3 is 0 Å². The smallest absolute Gasteiger partial charge is 0.150 e. The molecule has 98 valence electrons. The maximum Gasteiger partial charge on any atom is 0.150 e. The second-order valence-electron chi connectivity index (χ2n) is 4.97. The first-order chi connectivity index (χ1) is 7.80. The first kappa shape index (κ1) is 13.8. The number of hydrogen-bond acceptors (Lipinski definition) is 4. The molecule has 1 aromatic rings. The van der Waals surface area contributed by atoms with Crippen LogP contribution in [0.1, 0.15) is 33.4 Å². The van der Waals surface area contributed by atoms with Gasteiger partial charge in [0, 0.05) is 19.6 Å². The molecule has 0 aromatic carbocycles. The Kier molecular flexibility index (Phi) is 4.03. The van der Waals surface area contributed by atoms with Crippen LogP contribution in [-0.2, 0) is 6.54 Å². The fourth-order valence-corrected chi connectivity index (χ4v) is 1.94. The van der Waals surface area contributed by atoms with E-state index >= 15 is 0 Å². The molecule has 0 aliphatic rings. The number of nitrogen functional groups attached to an aromatic ring is 1. The topological polar surface area (TPSA) is 67.3 Å². The molecule has 0 amide bonds. The summed E-state index contributed by atoms with van der Waals surface area (Å²) in [4.78, 5) is 2.07. The summed E-state index contributed by atoms with van der Waals surface area (Å²) in [6.07, 6.45) is 0. The highest BCUT2D eigenvalue weighted by molar-refractivity contribution is 5.66. The number of rotatable bonds is 5. The minimum atomic E-state index is -0.751. The lowest BCUT2D eigenvalue weighted by Crippen LogP contribution is -2.40. The van der Waals surface area contributed by atoms with Gasteiger partial charge < -0.3 is 15.7 Å². The van der Waals surface area contributed by atoms with Crippen molar-refractivity contribution in [2.45, 2.75) is 46.8 Å². The lowest BCUT2D eigenvalue weighted by molar-refractivity contribution is 0.0872. The molecule has 0 bridgehead atoms. The number of nitrogens with zero attached hydrogens (tertiary/aromatic N) is 3. The quantitative estimate of drug-likeness (QED) is 0.816. The summed E-state index contributed by atoms with van der Waals surface area (Å²) in [5, 5.41) is 14.3. The van der Waals surface area contributed by atoms with Gasteiger partial charge in [-0.15, -0.1) is 0 Å². The summed E-state index contributed by atoms with van der Waals surface area (Å²) in [7, 11) is 0. The number of aromatic nitrogens is 2. The zero-order valence-corrected chi connectivity index (χ0v) is 11.5. The Balaban J connectivity index is 3.11. The van der Waals surface area contributed by atoms with Gasteiger partial charge in [0.2, 0.25) is 0 Å². The molecule has 0 aliphatic heterocycles. The van der Waals surface area contributed by atoms with E-state index in [1.807, 2.05) is 25.5 Å². The van der Waals surface area contributed by atoms with E-state index in [4.69, 9.17) is 5.73 Å². The largest absolute Gasteiger partial charge is 0.394 e. The van der Waals surface area contributed by atoms with Crippen LogP contribution in [0.3, 0.4) is 0 Å². The first-order valence-corrected chi connectivity index (χ1v) is 6.10. The van der Waals surface area contributed by atoms with Gasteiger partial charge in [0.15, 0.2) is 5.82 Å². The fraction of sp³-hybridized carbons (Fsp3) is 0.750. The summed E-state index contributed by atoms with van der Waals surface area (Å²) in [5.41, 5.74) is 6.87. The summed E-state index contributed by atoms with van der Waals surface area (Å²) in [5.74, 6) is 0.912. The van der Waals surface area contributed by atoms with Gasteiger partial charge in [-0.3, -0.25) is 0 Å². The second kappa shape index (κ2) is 4.96. The Morgan fingerprint density at radius 1 is 1.41 bits per heavy atom. The Morgan fingerprint density at radius 3 is 2.41 bits per heavy atom. The van der Waals surface area contributed by atoms with Crippen molar-refractivity contribution in [3.05, 3.63) is 5.69 Å². The van der Waals surface area contributed by atoms with Crippen molar-refractivity contribution < 1.29 is 5.11 Å². The van der Waals surface area contributed by atoms with E-state index in [0.29, 0.717) is 12.2 Å². The van der Waals surface area contributed by atoms with E-state index in [9.17, 15) is 5.11 Å². The van der Waals surface area contributed by atoms with E-state index in [-0.39, 0.29) is 0 Å². The number of nitrogens with two attached hydrogens (primary N) is 1. The molecule has 0 spiro atoms. The lowest BCUT2D eigenvalue weighted by atomic mass is 10.1. The van der Waals surface area contributed by atoms with Crippen LogP contribution in [0.2, 0.25) is 0 Å². The number of aliphatic hydroxyl groups is 1. The van der Waals surface area contributed by atoms with Crippen molar-refractivity contribution in [2.75, 3.05) is 23.7 Å². The summed E-state index contributed by atoms with van der Waals surface area (Å²) in [6.45, 7) is 11.7. The SMILES string of the molecule is CCN(CC(C)(C)O)c1c(N)c(C)nn1CC. The normalized spacial score (nSPS) is 11.9. The van der Waals surface area contributed by atoms with Gasteiger partial charge in [0.05, 0.1) is 17.0 Å². The fourth-order valence-electron chi connectivity index (χ4n) is 1.94. The predicted octanol–water partition coefficient (Wildman–Crippen LogP) is 1.39. The molecule has 5 nitrogen and oxygen atoms in total. The maximum atomic E-state index is 9.93. The standard InChI is InChI=1S/C12H24N4O/c1-6-15(8-12(4,5)17)11-10(13)9(3)14-16(11)7-2/h17H,6-8,13H2,1-5H3. The van der Waals surface area contributed by atoms with Gasteiger partial charge in [-0.05, 0) is 34.6 Å². The van der Waals surface area contributed by atoms with Crippen LogP contribution in [-0.4, -0.2) is 33.6 Å². The Hall–Kier alpha value is -1.23. The summed E-state index contributed by atoms with van der Waals surface area (Å²) >= 11 is 0. The molecular weight excluding hydrogens is 216 g/mol. The maximum absolute atomic E-state index is 9.93. The average molecular weight is 240 g/mol. The van der Waals surface area contributed by atoms with Crippen molar-refractivity contribution in [1.29, 1.82) is 0 Å². The van der Waals surface area contributed by atoms with Crippen molar-refractivity contribution >= 4 is 11.5 Å². The molecule has 1 aromatic heterocycles. The third-order valence-electron chi connectivity index (χ3n) is 2.70. The number of likely N-dealkylation sites (N-methyl/N-ethyl adjacent to an activating group) is 1. The van der Waals surface area contributed by atoms with E-state index in [1.165, 1.54) is 0 Å². The lowest BCUT2D eigenvalue weighted by Gasteiger charge is -2.30. The minimum Gasteiger partial charge on any atom is -0.394 e. The predicted molar refractivity (Wildman–Crippen MR) is 71.2 cm³/mol. The minimum absolute atomic E-state index is 0.541. The van der Waals surface area contributed by atoms with E-state index in [2.05, 4.69) is 10.00 Å². The molecule has 0 unspecified atom stereocenters. The third kappa shape index (κ3) is 3.12. The van der Waals surface area contributed by atoms with E-state index in [0.717, 1.165) is 24.6 Å². The number of anilines is 2. The van der Waals surface area contributed by atoms with E-state index in [1.54, 1.807) is 13.8 Å². The highest BCUT2D eigenvalue weighted by Gasteiger charge is 2.23. The molecule has 0 aliphatic carbocycles. The van der Waals surface area contributed by atoms with Crippen LogP contribution in [0.4, 0.5) is 11.5 Å². The average Bonchev–Trinajstić information content (AvgIpc) is 2.51. The van der Waals surface area contributed by atoms with Crippen molar-refractivity contribution in [3.8, 4) is 0 Å². The molecule has 0 atom stereocenters. The van der Waals surface area contributed by atoms with Crippen LogP contribution in [0.5, 0.6) is 0 Å². The van der Waals surface area contributed by atoms with E-state index < -0.39 is 5.60 Å². The second-order valence-corrected chi connectivity index (χ2v) is 4.97. The molecule has 0 saturated carbocycles.